The van der Waals surface area contributed by atoms with Crippen molar-refractivity contribution in [1.82, 2.24) is 0 Å². The lowest BCUT2D eigenvalue weighted by molar-refractivity contribution is 0.0993. The zero-order valence-electron chi connectivity index (χ0n) is 16.9. The summed E-state index contributed by atoms with van der Waals surface area (Å²) < 4.78 is 33.8. The van der Waals surface area contributed by atoms with Gasteiger partial charge in [-0.25, -0.2) is 8.42 Å². The number of anilines is 2. The number of carbonyl (C=O) groups is 1. The Morgan fingerprint density at radius 1 is 1.13 bits per heavy atom. The number of nitrogens with zero attached hydrogens (tertiary/aromatic N) is 1. The van der Waals surface area contributed by atoms with Crippen molar-refractivity contribution in [3.05, 3.63) is 69.4 Å². The van der Waals surface area contributed by atoms with Crippen LogP contribution in [0.15, 0.2) is 52.7 Å². The Bertz CT molecular complexity index is 1190. The molecule has 0 atom stereocenters. The van der Waals surface area contributed by atoms with Crippen molar-refractivity contribution >= 4 is 38.6 Å². The number of amides is 1. The number of thiophene rings is 1. The Kier molecular flexibility index (Phi) is 5.29. The molecule has 4 rings (SSSR count). The minimum atomic E-state index is -3.75. The monoisotopic (exact) mass is 442 g/mol. The van der Waals surface area contributed by atoms with Gasteiger partial charge in [-0.05, 0) is 78.7 Å². The van der Waals surface area contributed by atoms with E-state index in [2.05, 4.69) is 4.72 Å². The highest BCUT2D eigenvalue weighted by molar-refractivity contribution is 7.92. The summed E-state index contributed by atoms with van der Waals surface area (Å²) in [6.45, 7) is 4.22. The summed E-state index contributed by atoms with van der Waals surface area (Å²) in [5, 5.41) is 1.88. The van der Waals surface area contributed by atoms with Gasteiger partial charge in [0.05, 0.1) is 16.9 Å². The minimum Gasteiger partial charge on any atom is -0.496 e. The number of methoxy groups -OCH3 is 1. The zero-order chi connectivity index (χ0) is 21.5. The maximum atomic E-state index is 12.9. The predicted octanol–water partition coefficient (Wildman–Crippen LogP) is 4.38. The molecule has 30 heavy (non-hydrogen) atoms. The van der Waals surface area contributed by atoms with E-state index in [0.29, 0.717) is 29.3 Å². The van der Waals surface area contributed by atoms with Gasteiger partial charge in [-0.3, -0.25) is 9.52 Å². The van der Waals surface area contributed by atoms with E-state index in [-0.39, 0.29) is 10.8 Å². The highest BCUT2D eigenvalue weighted by Gasteiger charge is 2.27. The number of hydrogen-bond acceptors (Lipinski definition) is 5. The molecule has 1 aliphatic heterocycles. The van der Waals surface area contributed by atoms with E-state index >= 15 is 0 Å². The molecular weight excluding hydrogens is 420 g/mol. The lowest BCUT2D eigenvalue weighted by Crippen LogP contribution is -2.28. The Balaban J connectivity index is 1.59. The minimum absolute atomic E-state index is 0.0266. The first kappa shape index (κ1) is 20.4. The molecule has 2 aromatic carbocycles. The molecule has 3 aromatic rings. The Morgan fingerprint density at radius 2 is 1.87 bits per heavy atom. The van der Waals surface area contributed by atoms with Gasteiger partial charge in [-0.2, -0.15) is 0 Å². The van der Waals surface area contributed by atoms with Crippen molar-refractivity contribution in [2.75, 3.05) is 23.3 Å². The van der Waals surface area contributed by atoms with E-state index in [4.69, 9.17) is 4.74 Å². The summed E-state index contributed by atoms with van der Waals surface area (Å²) >= 11 is 1.41. The van der Waals surface area contributed by atoms with E-state index in [1.807, 2.05) is 31.4 Å². The number of carbonyl (C=O) groups excluding carboxylic acids is 1. The predicted molar refractivity (Wildman–Crippen MR) is 119 cm³/mol. The van der Waals surface area contributed by atoms with Crippen LogP contribution in [0.2, 0.25) is 0 Å². The van der Waals surface area contributed by atoms with E-state index in [1.54, 1.807) is 42.3 Å². The third-order valence-electron chi connectivity index (χ3n) is 5.15. The molecule has 2 heterocycles. The second-order valence-corrected chi connectivity index (χ2v) is 9.85. The van der Waals surface area contributed by atoms with E-state index in [0.717, 1.165) is 22.4 Å². The van der Waals surface area contributed by atoms with Gasteiger partial charge in [0.2, 0.25) is 0 Å². The van der Waals surface area contributed by atoms with Crippen LogP contribution in [-0.2, 0) is 16.4 Å². The van der Waals surface area contributed by atoms with Gasteiger partial charge in [-0.15, -0.1) is 11.3 Å². The molecule has 1 aliphatic rings. The van der Waals surface area contributed by atoms with Crippen molar-refractivity contribution in [2.24, 2.45) is 0 Å². The topological polar surface area (TPSA) is 75.7 Å². The number of aryl methyl sites for hydroxylation is 2. The second-order valence-electron chi connectivity index (χ2n) is 7.22. The van der Waals surface area contributed by atoms with Gasteiger partial charge in [-0.1, -0.05) is 6.07 Å². The summed E-state index contributed by atoms with van der Waals surface area (Å²) in [4.78, 5) is 15.3. The van der Waals surface area contributed by atoms with Gasteiger partial charge in [0, 0.05) is 17.9 Å². The van der Waals surface area contributed by atoms with E-state index in [9.17, 15) is 13.2 Å². The van der Waals surface area contributed by atoms with E-state index in [1.165, 1.54) is 11.3 Å². The molecule has 0 saturated carbocycles. The van der Waals surface area contributed by atoms with Crippen LogP contribution in [-0.4, -0.2) is 28.0 Å². The van der Waals surface area contributed by atoms with Crippen molar-refractivity contribution in [1.29, 1.82) is 0 Å². The summed E-state index contributed by atoms with van der Waals surface area (Å²) in [5.41, 5.74) is 3.77. The van der Waals surface area contributed by atoms with Crippen molar-refractivity contribution in [3.63, 3.8) is 0 Å². The molecule has 0 aliphatic carbocycles. The Labute approximate surface area is 180 Å². The number of nitrogens with one attached hydrogen (secondary N) is 1. The smallest absolute Gasteiger partial charge is 0.268 e. The fraction of sp³-hybridized carbons (Fsp3) is 0.227. The fourth-order valence-corrected chi connectivity index (χ4v) is 5.70. The normalized spacial score (nSPS) is 13.2. The van der Waals surface area contributed by atoms with Crippen LogP contribution in [0.4, 0.5) is 11.4 Å². The lowest BCUT2D eigenvalue weighted by atomic mass is 10.1. The number of ether oxygens (including phenoxy) is 1. The first-order valence-corrected chi connectivity index (χ1v) is 11.8. The maximum absolute atomic E-state index is 12.9. The van der Waals surface area contributed by atoms with Crippen LogP contribution < -0.4 is 14.4 Å². The largest absolute Gasteiger partial charge is 0.496 e. The van der Waals surface area contributed by atoms with Crippen LogP contribution in [0, 0.1) is 13.8 Å². The number of sulfonamides is 1. The van der Waals surface area contributed by atoms with E-state index < -0.39 is 10.0 Å². The second kappa shape index (κ2) is 7.77. The molecular formula is C22H22N2O4S2. The van der Waals surface area contributed by atoms with Gasteiger partial charge >= 0.3 is 0 Å². The number of benzene rings is 2. The molecule has 0 unspecified atom stereocenters. The van der Waals surface area contributed by atoms with Crippen LogP contribution >= 0.6 is 11.3 Å². The molecule has 1 N–H and O–H groups in total. The molecule has 0 saturated heterocycles. The first-order valence-electron chi connectivity index (χ1n) is 9.46. The summed E-state index contributed by atoms with van der Waals surface area (Å²) in [7, 11) is -2.18. The van der Waals surface area contributed by atoms with Gasteiger partial charge < -0.3 is 9.64 Å². The van der Waals surface area contributed by atoms with Crippen LogP contribution in [0.3, 0.4) is 0 Å². The third-order valence-corrected chi connectivity index (χ3v) is 7.37. The maximum Gasteiger partial charge on any atom is 0.268 e. The molecule has 6 nitrogen and oxygen atoms in total. The highest BCUT2D eigenvalue weighted by Crippen LogP contribution is 2.33. The zero-order valence-corrected chi connectivity index (χ0v) is 18.6. The van der Waals surface area contributed by atoms with Crippen molar-refractivity contribution < 1.29 is 17.9 Å². The summed E-state index contributed by atoms with van der Waals surface area (Å²) in [6, 6.07) is 12.2. The number of fused-ring (bicyclic) bond motifs is 1. The van der Waals surface area contributed by atoms with Crippen LogP contribution in [0.1, 0.15) is 26.4 Å². The van der Waals surface area contributed by atoms with Gasteiger partial charge in [0.1, 0.15) is 5.75 Å². The third kappa shape index (κ3) is 3.68. The Hall–Kier alpha value is -2.84. The summed E-state index contributed by atoms with van der Waals surface area (Å²) in [6.07, 6.45) is 0.683. The number of hydrogen-bond donors (Lipinski definition) is 1. The molecule has 0 radical (unpaired) electrons. The first-order chi connectivity index (χ1) is 14.3. The molecule has 156 valence electrons. The average Bonchev–Trinajstić information content (AvgIpc) is 3.37. The van der Waals surface area contributed by atoms with Crippen molar-refractivity contribution in [2.45, 2.75) is 25.2 Å². The Morgan fingerprint density at radius 3 is 2.50 bits per heavy atom. The standard InChI is InChI=1S/C22H22N2O4S2/c1-14-11-18(12-15(2)21(14)28-3)30(26,27)23-17-6-7-19-16(13-17)8-9-24(19)22(25)20-5-4-10-29-20/h4-7,10-13,23H,8-9H2,1-3H3. The average molecular weight is 443 g/mol. The summed E-state index contributed by atoms with van der Waals surface area (Å²) in [5.74, 6) is 0.656. The van der Waals surface area contributed by atoms with Crippen molar-refractivity contribution in [3.8, 4) is 5.75 Å². The molecule has 0 fully saturated rings. The van der Waals surface area contributed by atoms with Gasteiger partial charge in [0.25, 0.3) is 15.9 Å². The molecule has 1 amide bonds. The molecule has 0 spiro atoms. The molecule has 1 aromatic heterocycles. The fourth-order valence-electron chi connectivity index (χ4n) is 3.81. The lowest BCUT2D eigenvalue weighted by Gasteiger charge is -2.17. The highest BCUT2D eigenvalue weighted by atomic mass is 32.2. The molecule has 0 bridgehead atoms. The quantitative estimate of drug-likeness (QED) is 0.636. The van der Waals surface area contributed by atoms with Crippen LogP contribution in [0.25, 0.3) is 0 Å². The number of rotatable bonds is 5. The molecule has 8 heteroatoms. The van der Waals surface area contributed by atoms with Crippen LogP contribution in [0.5, 0.6) is 5.75 Å². The van der Waals surface area contributed by atoms with Gasteiger partial charge in [0.15, 0.2) is 0 Å². The SMILES string of the molecule is COc1c(C)cc(S(=O)(=O)Nc2ccc3c(c2)CCN3C(=O)c2cccs2)cc1C.